The molecule has 1 unspecified atom stereocenters. The van der Waals surface area contributed by atoms with Crippen LogP contribution in [-0.4, -0.2) is 35.2 Å². The first-order valence-corrected chi connectivity index (χ1v) is 5.70. The van der Waals surface area contributed by atoms with E-state index in [0.29, 0.717) is 0 Å². The van der Waals surface area contributed by atoms with E-state index in [9.17, 15) is 23.2 Å². The molecule has 1 aromatic carbocycles. The average molecular weight is 283 g/mol. The second-order valence-corrected chi connectivity index (χ2v) is 4.38. The Labute approximate surface area is 112 Å². The molecular formula is C12H11F2N3O3. The number of nitrogens with one attached hydrogen (secondary N) is 1. The summed E-state index contributed by atoms with van der Waals surface area (Å²) in [6, 6.07) is 0.624. The summed E-state index contributed by atoms with van der Waals surface area (Å²) in [5, 5.41) is 2.06. The van der Waals surface area contributed by atoms with E-state index < -0.39 is 41.1 Å². The van der Waals surface area contributed by atoms with Crippen molar-refractivity contribution in [3.05, 3.63) is 29.3 Å². The lowest BCUT2D eigenvalue weighted by Gasteiger charge is -2.31. The molecule has 2 rings (SSSR count). The first-order chi connectivity index (χ1) is 9.31. The van der Waals surface area contributed by atoms with E-state index in [1.165, 1.54) is 6.92 Å². The van der Waals surface area contributed by atoms with Gasteiger partial charge in [-0.25, -0.2) is 8.78 Å². The highest BCUT2D eigenvalue weighted by atomic mass is 19.1. The molecule has 6 nitrogen and oxygen atoms in total. The van der Waals surface area contributed by atoms with E-state index in [0.717, 1.165) is 17.0 Å². The Morgan fingerprint density at radius 3 is 2.45 bits per heavy atom. The Hall–Kier alpha value is -2.51. The zero-order valence-electron chi connectivity index (χ0n) is 10.4. The van der Waals surface area contributed by atoms with Crippen LogP contribution in [0.3, 0.4) is 0 Å². The fourth-order valence-corrected chi connectivity index (χ4v) is 1.84. The van der Waals surface area contributed by atoms with Gasteiger partial charge in [0.2, 0.25) is 11.8 Å². The van der Waals surface area contributed by atoms with Crippen LogP contribution >= 0.6 is 0 Å². The third kappa shape index (κ3) is 2.31. The highest BCUT2D eigenvalue weighted by Crippen LogP contribution is 2.19. The van der Waals surface area contributed by atoms with Gasteiger partial charge in [-0.1, -0.05) is 0 Å². The number of anilines is 1. The van der Waals surface area contributed by atoms with Crippen molar-refractivity contribution in [3.63, 3.8) is 0 Å². The van der Waals surface area contributed by atoms with E-state index in [1.54, 1.807) is 0 Å². The van der Waals surface area contributed by atoms with Crippen LogP contribution in [-0.2, 0) is 9.59 Å². The SMILES string of the molecule is CC1C(=O)NC(=O)CN1C(=O)c1cc(F)c(N)c(F)c1. The summed E-state index contributed by atoms with van der Waals surface area (Å²) < 4.78 is 26.7. The number of rotatable bonds is 1. The number of carbonyl (C=O) groups is 3. The molecule has 1 fully saturated rings. The van der Waals surface area contributed by atoms with Gasteiger partial charge in [0.05, 0.1) is 0 Å². The molecule has 3 amide bonds. The number of piperazine rings is 1. The van der Waals surface area contributed by atoms with Gasteiger partial charge in [-0.15, -0.1) is 0 Å². The quantitative estimate of drug-likeness (QED) is 0.562. The summed E-state index contributed by atoms with van der Waals surface area (Å²) >= 11 is 0. The lowest BCUT2D eigenvalue weighted by atomic mass is 10.1. The van der Waals surface area contributed by atoms with E-state index in [-0.39, 0.29) is 12.1 Å². The summed E-state index contributed by atoms with van der Waals surface area (Å²) in [5.74, 6) is -4.27. The van der Waals surface area contributed by atoms with Crippen molar-refractivity contribution in [2.75, 3.05) is 12.3 Å². The summed E-state index contributed by atoms with van der Waals surface area (Å²) in [7, 11) is 0. The fourth-order valence-electron chi connectivity index (χ4n) is 1.84. The highest BCUT2D eigenvalue weighted by Gasteiger charge is 2.34. The number of nitrogens with two attached hydrogens (primary N) is 1. The number of hydrogen-bond acceptors (Lipinski definition) is 4. The summed E-state index contributed by atoms with van der Waals surface area (Å²) in [5.41, 5.74) is 4.10. The van der Waals surface area contributed by atoms with Gasteiger partial charge in [-0.2, -0.15) is 0 Å². The van der Waals surface area contributed by atoms with Gasteiger partial charge in [0.25, 0.3) is 5.91 Å². The normalized spacial score (nSPS) is 18.9. The number of hydrogen-bond donors (Lipinski definition) is 2. The molecule has 0 saturated carbocycles. The van der Waals surface area contributed by atoms with Crippen molar-refractivity contribution in [1.29, 1.82) is 0 Å². The molecule has 3 N–H and O–H groups in total. The minimum Gasteiger partial charge on any atom is -0.394 e. The summed E-state index contributed by atoms with van der Waals surface area (Å²) in [6.07, 6.45) is 0. The highest BCUT2D eigenvalue weighted by molar-refractivity contribution is 6.07. The molecule has 1 atom stereocenters. The number of amides is 3. The minimum absolute atomic E-state index is 0.316. The van der Waals surface area contributed by atoms with E-state index >= 15 is 0 Å². The molecule has 0 aliphatic carbocycles. The summed E-state index contributed by atoms with van der Waals surface area (Å²) in [4.78, 5) is 35.8. The Morgan fingerprint density at radius 1 is 1.35 bits per heavy atom. The summed E-state index contributed by atoms with van der Waals surface area (Å²) in [6.45, 7) is 1.04. The Bertz CT molecular complexity index is 595. The molecule has 1 aliphatic heterocycles. The number of halogens is 2. The number of benzene rings is 1. The van der Waals surface area contributed by atoms with Gasteiger partial charge >= 0.3 is 0 Å². The predicted octanol–water partition coefficient (Wildman–Crippen LogP) is 0.0341. The number of nitrogens with zero attached hydrogens (tertiary/aromatic N) is 1. The standard InChI is InChI=1S/C12H11F2N3O3/c1-5-11(19)16-9(18)4-17(5)12(20)6-2-7(13)10(15)8(14)3-6/h2-3,5H,4,15H2,1H3,(H,16,18,19). The smallest absolute Gasteiger partial charge is 0.255 e. The van der Waals surface area contributed by atoms with Crippen molar-refractivity contribution in [3.8, 4) is 0 Å². The van der Waals surface area contributed by atoms with Crippen LogP contribution in [0.2, 0.25) is 0 Å². The number of carbonyl (C=O) groups excluding carboxylic acids is 3. The first kappa shape index (κ1) is 13.9. The fraction of sp³-hybridized carbons (Fsp3) is 0.250. The van der Waals surface area contributed by atoms with Crippen LogP contribution in [0.4, 0.5) is 14.5 Å². The molecule has 8 heteroatoms. The molecular weight excluding hydrogens is 272 g/mol. The lowest BCUT2D eigenvalue weighted by Crippen LogP contribution is -2.58. The molecule has 0 spiro atoms. The zero-order chi connectivity index (χ0) is 15.0. The molecule has 0 radical (unpaired) electrons. The van der Waals surface area contributed by atoms with Gasteiger partial charge in [-0.05, 0) is 19.1 Å². The number of nitrogen functional groups attached to an aromatic ring is 1. The Balaban J connectivity index is 2.35. The molecule has 1 aromatic rings. The topological polar surface area (TPSA) is 92.5 Å². The van der Waals surface area contributed by atoms with Crippen LogP contribution < -0.4 is 11.1 Å². The van der Waals surface area contributed by atoms with Gasteiger partial charge in [-0.3, -0.25) is 19.7 Å². The van der Waals surface area contributed by atoms with Crippen molar-refractivity contribution in [2.24, 2.45) is 0 Å². The molecule has 0 bridgehead atoms. The van der Waals surface area contributed by atoms with Gasteiger partial charge in [0, 0.05) is 5.56 Å². The average Bonchev–Trinajstić information content (AvgIpc) is 2.38. The number of imide groups is 1. The van der Waals surface area contributed by atoms with Crippen LogP contribution in [0.25, 0.3) is 0 Å². The van der Waals surface area contributed by atoms with E-state index in [2.05, 4.69) is 5.32 Å². The van der Waals surface area contributed by atoms with E-state index in [4.69, 9.17) is 5.73 Å². The van der Waals surface area contributed by atoms with Crippen molar-refractivity contribution in [1.82, 2.24) is 10.2 Å². The van der Waals surface area contributed by atoms with E-state index in [1.807, 2.05) is 0 Å². The monoisotopic (exact) mass is 283 g/mol. The van der Waals surface area contributed by atoms with Gasteiger partial charge in [0.15, 0.2) is 0 Å². The second kappa shape index (κ2) is 4.87. The van der Waals surface area contributed by atoms with Crippen LogP contribution in [0, 0.1) is 11.6 Å². The maximum Gasteiger partial charge on any atom is 0.255 e. The largest absolute Gasteiger partial charge is 0.394 e. The van der Waals surface area contributed by atoms with Crippen molar-refractivity contribution >= 4 is 23.4 Å². The first-order valence-electron chi connectivity index (χ1n) is 5.70. The molecule has 0 aromatic heterocycles. The molecule has 1 saturated heterocycles. The molecule has 1 heterocycles. The van der Waals surface area contributed by atoms with Gasteiger partial charge in [0.1, 0.15) is 29.9 Å². The zero-order valence-corrected chi connectivity index (χ0v) is 10.4. The molecule has 1 aliphatic rings. The third-order valence-corrected chi connectivity index (χ3v) is 3.01. The van der Waals surface area contributed by atoms with Crippen LogP contribution in [0.1, 0.15) is 17.3 Å². The maximum atomic E-state index is 13.3. The predicted molar refractivity (Wildman–Crippen MR) is 64.4 cm³/mol. The molecule has 106 valence electrons. The van der Waals surface area contributed by atoms with Gasteiger partial charge < -0.3 is 10.6 Å². The van der Waals surface area contributed by atoms with Crippen molar-refractivity contribution in [2.45, 2.75) is 13.0 Å². The van der Waals surface area contributed by atoms with Crippen LogP contribution in [0.15, 0.2) is 12.1 Å². The third-order valence-electron chi connectivity index (χ3n) is 3.01. The maximum absolute atomic E-state index is 13.3. The minimum atomic E-state index is -1.08. The van der Waals surface area contributed by atoms with Crippen molar-refractivity contribution < 1.29 is 23.2 Å². The van der Waals surface area contributed by atoms with Crippen LogP contribution in [0.5, 0.6) is 0 Å². The lowest BCUT2D eigenvalue weighted by molar-refractivity contribution is -0.138. The Kier molecular flexibility index (Phi) is 3.39. The second-order valence-electron chi connectivity index (χ2n) is 4.38. The molecule has 20 heavy (non-hydrogen) atoms. The Morgan fingerprint density at radius 2 is 1.90 bits per heavy atom.